The topological polar surface area (TPSA) is 69.8 Å². The number of aromatic amines is 1. The number of carbonyl (C=O) groups excluding carboxylic acids is 1. The summed E-state index contributed by atoms with van der Waals surface area (Å²) in [5.74, 6) is 0.0296. The zero-order valence-electron chi connectivity index (χ0n) is 12.2. The molecular formula is C16H19FN4O. The van der Waals surface area contributed by atoms with E-state index in [2.05, 4.69) is 20.8 Å². The minimum atomic E-state index is -0.293. The Morgan fingerprint density at radius 3 is 2.91 bits per heavy atom. The standard InChI is InChI=1S/C16H19FN4O/c17-13-5-3-12(4-6-13)14-8-15(21-20-14)16(22)19-10-11-2-1-7-18-9-11/h3-6,8,11,18H,1-2,7,9-10H2,(H,19,22)(H,20,21). The van der Waals surface area contributed by atoms with Crippen LogP contribution in [0.2, 0.25) is 0 Å². The summed E-state index contributed by atoms with van der Waals surface area (Å²) in [7, 11) is 0. The van der Waals surface area contributed by atoms with Crippen molar-refractivity contribution in [1.29, 1.82) is 0 Å². The monoisotopic (exact) mass is 302 g/mol. The quantitative estimate of drug-likeness (QED) is 0.808. The smallest absolute Gasteiger partial charge is 0.269 e. The molecule has 1 aliphatic heterocycles. The summed E-state index contributed by atoms with van der Waals surface area (Å²) in [5.41, 5.74) is 1.82. The van der Waals surface area contributed by atoms with Crippen molar-refractivity contribution in [3.63, 3.8) is 0 Å². The third-order valence-corrected chi connectivity index (χ3v) is 3.91. The van der Waals surface area contributed by atoms with Gasteiger partial charge in [-0.3, -0.25) is 9.89 Å². The maximum Gasteiger partial charge on any atom is 0.269 e. The van der Waals surface area contributed by atoms with E-state index >= 15 is 0 Å². The molecule has 1 aromatic carbocycles. The van der Waals surface area contributed by atoms with Gasteiger partial charge < -0.3 is 10.6 Å². The lowest BCUT2D eigenvalue weighted by molar-refractivity contribution is 0.0940. The number of hydrogen-bond acceptors (Lipinski definition) is 3. The Morgan fingerprint density at radius 2 is 2.18 bits per heavy atom. The molecule has 5 nitrogen and oxygen atoms in total. The van der Waals surface area contributed by atoms with Crippen molar-refractivity contribution < 1.29 is 9.18 Å². The summed E-state index contributed by atoms with van der Waals surface area (Å²) < 4.78 is 12.9. The predicted octanol–water partition coefficient (Wildman–Crippen LogP) is 1.95. The van der Waals surface area contributed by atoms with Crippen LogP contribution < -0.4 is 10.6 Å². The van der Waals surface area contributed by atoms with Gasteiger partial charge in [0.25, 0.3) is 5.91 Å². The second-order valence-corrected chi connectivity index (χ2v) is 5.60. The van der Waals surface area contributed by atoms with Gasteiger partial charge in [-0.1, -0.05) is 0 Å². The molecule has 1 aliphatic rings. The van der Waals surface area contributed by atoms with Gasteiger partial charge in [0.15, 0.2) is 0 Å². The van der Waals surface area contributed by atoms with Gasteiger partial charge in [-0.25, -0.2) is 4.39 Å². The van der Waals surface area contributed by atoms with E-state index in [-0.39, 0.29) is 11.7 Å². The average Bonchev–Trinajstić information content (AvgIpc) is 3.04. The molecule has 1 fully saturated rings. The van der Waals surface area contributed by atoms with E-state index in [0.717, 1.165) is 31.5 Å². The Hall–Kier alpha value is -2.21. The van der Waals surface area contributed by atoms with E-state index in [1.807, 2.05) is 0 Å². The Bertz CT molecular complexity index is 632. The van der Waals surface area contributed by atoms with E-state index in [4.69, 9.17) is 0 Å². The number of carbonyl (C=O) groups is 1. The van der Waals surface area contributed by atoms with Gasteiger partial charge in [0.2, 0.25) is 0 Å². The predicted molar refractivity (Wildman–Crippen MR) is 81.9 cm³/mol. The minimum absolute atomic E-state index is 0.161. The molecule has 0 aliphatic carbocycles. The second-order valence-electron chi connectivity index (χ2n) is 5.60. The summed E-state index contributed by atoms with van der Waals surface area (Å²) in [6.45, 7) is 2.67. The molecule has 6 heteroatoms. The molecule has 2 aromatic rings. The molecule has 2 heterocycles. The Labute approximate surface area is 128 Å². The van der Waals surface area contributed by atoms with Crippen molar-refractivity contribution in [2.45, 2.75) is 12.8 Å². The summed E-state index contributed by atoms with van der Waals surface area (Å²) in [6.07, 6.45) is 2.29. The van der Waals surface area contributed by atoms with Crippen LogP contribution in [0.25, 0.3) is 11.3 Å². The van der Waals surface area contributed by atoms with Crippen molar-refractivity contribution in [3.8, 4) is 11.3 Å². The van der Waals surface area contributed by atoms with Crippen LogP contribution in [0.3, 0.4) is 0 Å². The number of H-pyrrole nitrogens is 1. The van der Waals surface area contributed by atoms with Gasteiger partial charge >= 0.3 is 0 Å². The summed E-state index contributed by atoms with van der Waals surface area (Å²) in [6, 6.07) is 7.71. The first kappa shape index (κ1) is 14.7. The van der Waals surface area contributed by atoms with Crippen molar-refractivity contribution >= 4 is 5.91 Å². The lowest BCUT2D eigenvalue weighted by atomic mass is 10.00. The molecule has 0 spiro atoms. The summed E-state index contributed by atoms with van der Waals surface area (Å²) in [5, 5.41) is 13.1. The highest BCUT2D eigenvalue weighted by molar-refractivity contribution is 5.93. The van der Waals surface area contributed by atoms with Crippen LogP contribution in [0.4, 0.5) is 4.39 Å². The van der Waals surface area contributed by atoms with Crippen LogP contribution in [-0.2, 0) is 0 Å². The van der Waals surface area contributed by atoms with Gasteiger partial charge in [0, 0.05) is 12.1 Å². The van der Waals surface area contributed by atoms with Crippen molar-refractivity contribution in [1.82, 2.24) is 20.8 Å². The molecule has 1 aromatic heterocycles. The number of hydrogen-bond donors (Lipinski definition) is 3. The second kappa shape index (κ2) is 6.70. The number of amides is 1. The van der Waals surface area contributed by atoms with Gasteiger partial charge in [-0.05, 0) is 62.2 Å². The number of nitrogens with one attached hydrogen (secondary N) is 3. The molecule has 0 saturated carbocycles. The highest BCUT2D eigenvalue weighted by atomic mass is 19.1. The van der Waals surface area contributed by atoms with E-state index in [0.29, 0.717) is 23.9 Å². The molecule has 116 valence electrons. The fourth-order valence-corrected chi connectivity index (χ4v) is 2.64. The van der Waals surface area contributed by atoms with Gasteiger partial charge in [0.1, 0.15) is 11.5 Å². The zero-order chi connectivity index (χ0) is 15.4. The fourth-order valence-electron chi connectivity index (χ4n) is 2.64. The van der Waals surface area contributed by atoms with E-state index in [1.165, 1.54) is 12.1 Å². The van der Waals surface area contributed by atoms with Gasteiger partial charge in [0.05, 0.1) is 5.69 Å². The lowest BCUT2D eigenvalue weighted by Gasteiger charge is -2.22. The van der Waals surface area contributed by atoms with Crippen LogP contribution in [-0.4, -0.2) is 35.7 Å². The first-order valence-electron chi connectivity index (χ1n) is 7.52. The normalized spacial score (nSPS) is 18.1. The first-order valence-corrected chi connectivity index (χ1v) is 7.52. The van der Waals surface area contributed by atoms with Gasteiger partial charge in [-0.15, -0.1) is 0 Å². The summed E-state index contributed by atoms with van der Waals surface area (Å²) in [4.78, 5) is 12.1. The maximum absolute atomic E-state index is 12.9. The molecule has 3 rings (SSSR count). The Balaban J connectivity index is 1.60. The van der Waals surface area contributed by atoms with Crippen molar-refractivity contribution in [2.75, 3.05) is 19.6 Å². The fraction of sp³-hybridized carbons (Fsp3) is 0.375. The zero-order valence-corrected chi connectivity index (χ0v) is 12.2. The van der Waals surface area contributed by atoms with E-state index < -0.39 is 0 Å². The van der Waals surface area contributed by atoms with Gasteiger partial charge in [-0.2, -0.15) is 5.10 Å². The molecule has 3 N–H and O–H groups in total. The third kappa shape index (κ3) is 3.51. The lowest BCUT2D eigenvalue weighted by Crippen LogP contribution is -2.38. The van der Waals surface area contributed by atoms with E-state index in [1.54, 1.807) is 18.2 Å². The van der Waals surface area contributed by atoms with E-state index in [9.17, 15) is 9.18 Å². The molecule has 0 bridgehead atoms. The molecule has 1 unspecified atom stereocenters. The van der Waals surface area contributed by atoms with Crippen molar-refractivity contribution in [3.05, 3.63) is 41.8 Å². The molecule has 0 radical (unpaired) electrons. The number of rotatable bonds is 4. The third-order valence-electron chi connectivity index (χ3n) is 3.91. The highest BCUT2D eigenvalue weighted by Crippen LogP contribution is 2.18. The number of halogens is 1. The minimum Gasteiger partial charge on any atom is -0.350 e. The largest absolute Gasteiger partial charge is 0.350 e. The van der Waals surface area contributed by atoms with Crippen LogP contribution >= 0.6 is 0 Å². The highest BCUT2D eigenvalue weighted by Gasteiger charge is 2.16. The maximum atomic E-state index is 12.9. The number of benzene rings is 1. The molecule has 1 atom stereocenters. The molecule has 1 amide bonds. The number of piperidine rings is 1. The average molecular weight is 302 g/mol. The Kier molecular flexibility index (Phi) is 4.48. The van der Waals surface area contributed by atoms with Crippen LogP contribution in [0.15, 0.2) is 30.3 Å². The van der Waals surface area contributed by atoms with Crippen molar-refractivity contribution in [2.24, 2.45) is 5.92 Å². The SMILES string of the molecule is O=C(NCC1CCCNC1)c1cc(-c2ccc(F)cc2)n[nH]1. The number of aromatic nitrogens is 2. The Morgan fingerprint density at radius 1 is 1.36 bits per heavy atom. The molecule has 22 heavy (non-hydrogen) atoms. The molecular weight excluding hydrogens is 283 g/mol. The first-order chi connectivity index (χ1) is 10.7. The van der Waals surface area contributed by atoms with Crippen LogP contribution in [0, 0.1) is 11.7 Å². The van der Waals surface area contributed by atoms with Crippen LogP contribution in [0.1, 0.15) is 23.3 Å². The molecule has 1 saturated heterocycles. The van der Waals surface area contributed by atoms with Crippen LogP contribution in [0.5, 0.6) is 0 Å². The summed E-state index contributed by atoms with van der Waals surface area (Å²) >= 11 is 0. The number of nitrogens with zero attached hydrogens (tertiary/aromatic N) is 1.